The molecule has 3 saturated heterocycles. The van der Waals surface area contributed by atoms with E-state index in [0.717, 1.165) is 50.1 Å². The lowest BCUT2D eigenvalue weighted by molar-refractivity contribution is -0.155. The van der Waals surface area contributed by atoms with Crippen LogP contribution < -0.4 is 0 Å². The molecule has 3 heterocycles. The SMILES string of the molecule is CC(C)C[C@H]1C(=O)N([C@](C=O)(CC(C)C)CN2CCC(CCN3CCC4(CC3)CC4)CC2)CCN1C. The molecule has 0 radical (unpaired) electrons. The Morgan fingerprint density at radius 2 is 1.58 bits per heavy atom. The van der Waals surface area contributed by atoms with Crippen LogP contribution in [0.25, 0.3) is 0 Å². The van der Waals surface area contributed by atoms with Crippen LogP contribution in [-0.2, 0) is 9.59 Å². The molecule has 1 saturated carbocycles. The molecule has 0 N–H and O–H groups in total. The van der Waals surface area contributed by atoms with Crippen molar-refractivity contribution in [1.82, 2.24) is 19.6 Å². The van der Waals surface area contributed by atoms with Crippen LogP contribution in [-0.4, -0.2) is 103 Å². The molecule has 4 aliphatic rings. The molecule has 1 aliphatic carbocycles. The smallest absolute Gasteiger partial charge is 0.240 e. The first-order valence-electron chi connectivity index (χ1n) is 15.1. The van der Waals surface area contributed by atoms with E-state index < -0.39 is 5.54 Å². The van der Waals surface area contributed by atoms with Crippen LogP contribution in [0.4, 0.5) is 0 Å². The number of hydrogen-bond donors (Lipinski definition) is 0. The molecule has 6 nitrogen and oxygen atoms in total. The van der Waals surface area contributed by atoms with Crippen molar-refractivity contribution in [1.29, 1.82) is 0 Å². The van der Waals surface area contributed by atoms with Gasteiger partial charge in [-0.3, -0.25) is 9.69 Å². The van der Waals surface area contributed by atoms with Crippen molar-refractivity contribution >= 4 is 12.2 Å². The van der Waals surface area contributed by atoms with E-state index in [4.69, 9.17) is 0 Å². The summed E-state index contributed by atoms with van der Waals surface area (Å²) in [5, 5.41) is 0. The number of amides is 1. The van der Waals surface area contributed by atoms with Gasteiger partial charge in [0.05, 0.1) is 6.04 Å². The van der Waals surface area contributed by atoms with E-state index in [2.05, 4.69) is 49.4 Å². The molecule has 206 valence electrons. The van der Waals surface area contributed by atoms with Crippen LogP contribution in [0, 0.1) is 23.2 Å². The minimum absolute atomic E-state index is 0.111. The number of carbonyl (C=O) groups is 2. The summed E-state index contributed by atoms with van der Waals surface area (Å²) in [5.74, 6) is 1.78. The molecule has 1 amide bonds. The summed E-state index contributed by atoms with van der Waals surface area (Å²) in [6.07, 6.45) is 12.3. The number of piperazine rings is 1. The minimum atomic E-state index is -0.707. The summed E-state index contributed by atoms with van der Waals surface area (Å²) in [5.41, 5.74) is 0.0595. The van der Waals surface area contributed by atoms with Gasteiger partial charge in [-0.15, -0.1) is 0 Å². The Kier molecular flexibility index (Phi) is 9.21. The summed E-state index contributed by atoms with van der Waals surface area (Å²) in [7, 11) is 2.06. The number of likely N-dealkylation sites (N-methyl/N-ethyl adjacent to an activating group) is 1. The average Bonchev–Trinajstić information content (AvgIpc) is 3.60. The second-order valence-corrected chi connectivity index (χ2v) is 13.8. The molecule has 0 aromatic heterocycles. The van der Waals surface area contributed by atoms with Gasteiger partial charge in [0.2, 0.25) is 5.91 Å². The van der Waals surface area contributed by atoms with E-state index in [1.165, 1.54) is 64.6 Å². The van der Waals surface area contributed by atoms with E-state index >= 15 is 0 Å². The van der Waals surface area contributed by atoms with Gasteiger partial charge in [0, 0.05) is 19.6 Å². The molecule has 0 bridgehead atoms. The first-order chi connectivity index (χ1) is 17.2. The van der Waals surface area contributed by atoms with Gasteiger partial charge in [0.15, 0.2) is 0 Å². The van der Waals surface area contributed by atoms with Crippen molar-refractivity contribution in [2.75, 3.05) is 59.4 Å². The van der Waals surface area contributed by atoms with Gasteiger partial charge in [-0.25, -0.2) is 0 Å². The Hall–Kier alpha value is -0.980. The predicted molar refractivity (Wildman–Crippen MR) is 147 cm³/mol. The van der Waals surface area contributed by atoms with Crippen molar-refractivity contribution in [3.63, 3.8) is 0 Å². The number of aldehydes is 1. The summed E-state index contributed by atoms with van der Waals surface area (Å²) in [4.78, 5) is 36.0. The zero-order valence-corrected chi connectivity index (χ0v) is 24.0. The quantitative estimate of drug-likeness (QED) is 0.398. The summed E-state index contributed by atoms with van der Waals surface area (Å²) in [6, 6.07) is -0.111. The van der Waals surface area contributed by atoms with Crippen LogP contribution in [0.3, 0.4) is 0 Å². The summed E-state index contributed by atoms with van der Waals surface area (Å²) >= 11 is 0. The fourth-order valence-electron chi connectivity index (χ4n) is 7.29. The zero-order valence-electron chi connectivity index (χ0n) is 24.0. The van der Waals surface area contributed by atoms with Gasteiger partial charge in [-0.1, -0.05) is 27.7 Å². The Morgan fingerprint density at radius 3 is 2.14 bits per heavy atom. The van der Waals surface area contributed by atoms with E-state index in [1.54, 1.807) is 0 Å². The molecule has 3 aliphatic heterocycles. The molecule has 0 aromatic carbocycles. The monoisotopic (exact) mass is 502 g/mol. The normalized spacial score (nSPS) is 28.2. The van der Waals surface area contributed by atoms with Crippen LogP contribution in [0.1, 0.15) is 85.5 Å². The first-order valence-corrected chi connectivity index (χ1v) is 15.1. The maximum atomic E-state index is 13.7. The van der Waals surface area contributed by atoms with Crippen LogP contribution in [0.2, 0.25) is 0 Å². The topological polar surface area (TPSA) is 47.1 Å². The lowest BCUT2D eigenvalue weighted by Gasteiger charge is -2.50. The Balaban J connectivity index is 1.32. The average molecular weight is 503 g/mol. The molecule has 2 atom stereocenters. The highest BCUT2D eigenvalue weighted by atomic mass is 16.2. The van der Waals surface area contributed by atoms with Crippen LogP contribution >= 0.6 is 0 Å². The molecule has 4 rings (SSSR count). The summed E-state index contributed by atoms with van der Waals surface area (Å²) in [6.45, 7) is 16.9. The molecule has 4 fully saturated rings. The largest absolute Gasteiger partial charge is 0.326 e. The van der Waals surface area contributed by atoms with Crippen LogP contribution in [0.5, 0.6) is 0 Å². The van der Waals surface area contributed by atoms with Gasteiger partial charge in [0.25, 0.3) is 0 Å². The van der Waals surface area contributed by atoms with E-state index in [-0.39, 0.29) is 11.9 Å². The van der Waals surface area contributed by atoms with Crippen molar-refractivity contribution in [3.8, 4) is 0 Å². The van der Waals surface area contributed by atoms with Crippen molar-refractivity contribution in [2.24, 2.45) is 23.2 Å². The number of nitrogens with zero attached hydrogens (tertiary/aromatic N) is 4. The van der Waals surface area contributed by atoms with Gasteiger partial charge < -0.3 is 19.5 Å². The first kappa shape index (κ1) is 28.0. The number of rotatable bonds is 11. The standard InChI is InChI=1S/C30H54N4O2/c1-24(2)20-27-28(36)34(19-18-31(27)5)30(23-35,21-25(3)4)22-33-14-7-26(8-15-33)6-13-32-16-11-29(9-10-29)12-17-32/h23-27H,6-22H2,1-5H3/t27-,30+/m0/s1. The Bertz CT molecular complexity index is 733. The second kappa shape index (κ2) is 11.8. The fourth-order valence-corrected chi connectivity index (χ4v) is 7.29. The van der Waals surface area contributed by atoms with Gasteiger partial charge in [-0.05, 0) is 121 Å². The highest BCUT2D eigenvalue weighted by molar-refractivity contribution is 5.87. The third kappa shape index (κ3) is 6.71. The maximum absolute atomic E-state index is 13.7. The van der Waals surface area contributed by atoms with Crippen molar-refractivity contribution < 1.29 is 9.59 Å². The van der Waals surface area contributed by atoms with E-state index in [0.29, 0.717) is 24.9 Å². The fraction of sp³-hybridized carbons (Fsp3) is 0.933. The highest BCUT2D eigenvalue weighted by Gasteiger charge is 2.47. The third-order valence-electron chi connectivity index (χ3n) is 9.90. The number of piperidine rings is 2. The van der Waals surface area contributed by atoms with E-state index in [1.807, 2.05) is 4.90 Å². The maximum Gasteiger partial charge on any atom is 0.240 e. The predicted octanol–water partition coefficient (Wildman–Crippen LogP) is 4.14. The van der Waals surface area contributed by atoms with Crippen molar-refractivity contribution in [2.45, 2.75) is 97.1 Å². The summed E-state index contributed by atoms with van der Waals surface area (Å²) < 4.78 is 0. The van der Waals surface area contributed by atoms with Gasteiger partial charge >= 0.3 is 0 Å². The molecular weight excluding hydrogens is 448 g/mol. The van der Waals surface area contributed by atoms with Crippen LogP contribution in [0.15, 0.2) is 0 Å². The highest BCUT2D eigenvalue weighted by Crippen LogP contribution is 2.53. The Labute approximate surface area is 221 Å². The lowest BCUT2D eigenvalue weighted by Crippen LogP contribution is -2.67. The number of hydrogen-bond acceptors (Lipinski definition) is 5. The van der Waals surface area contributed by atoms with Crippen molar-refractivity contribution in [3.05, 3.63) is 0 Å². The molecule has 1 spiro atoms. The number of likely N-dealkylation sites (tertiary alicyclic amines) is 2. The second-order valence-electron chi connectivity index (χ2n) is 13.8. The molecule has 36 heavy (non-hydrogen) atoms. The molecular formula is C30H54N4O2. The Morgan fingerprint density at radius 1 is 0.917 bits per heavy atom. The minimum Gasteiger partial charge on any atom is -0.326 e. The third-order valence-corrected chi connectivity index (χ3v) is 9.90. The molecule has 0 aromatic rings. The van der Waals surface area contributed by atoms with Gasteiger partial charge in [-0.2, -0.15) is 0 Å². The lowest BCUT2D eigenvalue weighted by atomic mass is 9.84. The number of carbonyl (C=O) groups excluding carboxylic acids is 2. The van der Waals surface area contributed by atoms with Gasteiger partial charge in [0.1, 0.15) is 11.8 Å². The van der Waals surface area contributed by atoms with E-state index in [9.17, 15) is 9.59 Å². The zero-order chi connectivity index (χ0) is 25.9. The molecule has 0 unspecified atom stereocenters. The molecule has 6 heteroatoms.